The Kier molecular flexibility index (Phi) is 6.24. The second-order valence-electron chi connectivity index (χ2n) is 8.92. The van der Waals surface area contributed by atoms with Crippen molar-refractivity contribution in [2.75, 3.05) is 19.8 Å². The lowest BCUT2D eigenvalue weighted by Crippen LogP contribution is -2.41. The molecule has 3 aromatic heterocycles. The van der Waals surface area contributed by atoms with Gasteiger partial charge in [0.1, 0.15) is 5.82 Å². The first kappa shape index (κ1) is 25.5. The molecule has 0 fully saturated rings. The number of hydrazine groups is 1. The van der Waals surface area contributed by atoms with Crippen LogP contribution in [-0.4, -0.2) is 54.6 Å². The number of aromatic nitrogens is 5. The smallest absolute Gasteiger partial charge is 0.383 e. The molecule has 13 heteroatoms. The van der Waals surface area contributed by atoms with Crippen LogP contribution in [0, 0.1) is 0 Å². The summed E-state index contributed by atoms with van der Waals surface area (Å²) < 4.78 is 40.3. The first-order valence-corrected chi connectivity index (χ1v) is 11.7. The summed E-state index contributed by atoms with van der Waals surface area (Å²) in [5.74, 6) is 0.0778. The molecule has 5 aromatic rings. The lowest BCUT2D eigenvalue weighted by molar-refractivity contribution is -0.212. The van der Waals surface area contributed by atoms with Crippen molar-refractivity contribution in [2.45, 2.75) is 12.8 Å². The van der Waals surface area contributed by atoms with Crippen molar-refractivity contribution in [1.82, 2.24) is 34.6 Å². The van der Waals surface area contributed by atoms with Crippen molar-refractivity contribution in [2.24, 2.45) is 7.05 Å². The molecule has 1 amide bonds. The van der Waals surface area contributed by atoms with Crippen molar-refractivity contribution in [1.29, 1.82) is 0 Å². The van der Waals surface area contributed by atoms with Gasteiger partial charge in [0.15, 0.2) is 0 Å². The summed E-state index contributed by atoms with van der Waals surface area (Å²) in [6.07, 6.45) is -0.960. The van der Waals surface area contributed by atoms with E-state index in [2.05, 4.69) is 15.2 Å². The molecule has 0 atom stereocenters. The highest BCUT2D eigenvalue weighted by atomic mass is 35.5. The molecule has 0 unspecified atom stereocenters. The van der Waals surface area contributed by atoms with E-state index in [9.17, 15) is 18.0 Å². The number of alkyl halides is 3. The fraction of sp³-hybridized carbons (Fsp3) is 0.200. The maximum atomic E-state index is 13.6. The fourth-order valence-electron chi connectivity index (χ4n) is 4.26. The van der Waals surface area contributed by atoms with Crippen molar-refractivity contribution >= 4 is 45.1 Å². The normalized spacial score (nSPS) is 12.1. The first-order valence-electron chi connectivity index (χ1n) is 11.3. The zero-order chi connectivity index (χ0) is 27.4. The first-order chi connectivity index (χ1) is 17.9. The number of anilines is 1. The molecular formula is C25H22ClF3N8O. The summed E-state index contributed by atoms with van der Waals surface area (Å²) in [4.78, 5) is 18.0. The van der Waals surface area contributed by atoms with E-state index in [0.717, 1.165) is 23.3 Å². The van der Waals surface area contributed by atoms with Crippen LogP contribution in [0.25, 0.3) is 32.9 Å². The minimum absolute atomic E-state index is 0.0662. The summed E-state index contributed by atoms with van der Waals surface area (Å²) >= 11 is 6.50. The Hall–Kier alpha value is -4.16. The van der Waals surface area contributed by atoms with E-state index in [-0.39, 0.29) is 22.7 Å². The molecule has 2 N–H and O–H groups in total. The Labute approximate surface area is 219 Å². The van der Waals surface area contributed by atoms with Crippen LogP contribution in [0.3, 0.4) is 0 Å². The maximum Gasteiger partial charge on any atom is 0.504 e. The number of nitrogens with two attached hydrogens (primary N) is 1. The van der Waals surface area contributed by atoms with Gasteiger partial charge in [0.05, 0.1) is 35.4 Å². The van der Waals surface area contributed by atoms with Crippen LogP contribution >= 0.6 is 11.6 Å². The van der Waals surface area contributed by atoms with Gasteiger partial charge in [-0.15, -0.1) is 13.2 Å². The van der Waals surface area contributed by atoms with Crippen molar-refractivity contribution in [3.63, 3.8) is 0 Å². The zero-order valence-electron chi connectivity index (χ0n) is 20.5. The van der Waals surface area contributed by atoms with Gasteiger partial charge in [-0.2, -0.15) is 14.9 Å². The summed E-state index contributed by atoms with van der Waals surface area (Å²) in [7, 11) is 5.25. The lowest BCUT2D eigenvalue weighted by Gasteiger charge is -2.29. The van der Waals surface area contributed by atoms with Gasteiger partial charge >= 0.3 is 6.30 Å². The van der Waals surface area contributed by atoms with E-state index in [1.807, 2.05) is 0 Å². The quantitative estimate of drug-likeness (QED) is 0.320. The molecule has 0 aliphatic rings. The fourth-order valence-corrected chi connectivity index (χ4v) is 4.50. The number of aryl methyl sites for hydroxylation is 1. The predicted octanol–water partition coefficient (Wildman–Crippen LogP) is 4.82. The van der Waals surface area contributed by atoms with E-state index in [1.165, 1.54) is 5.01 Å². The highest BCUT2D eigenvalue weighted by molar-refractivity contribution is 6.31. The number of nitrogen functional groups attached to an aromatic ring is 1. The van der Waals surface area contributed by atoms with Gasteiger partial charge in [0.2, 0.25) is 0 Å². The Morgan fingerprint density at radius 1 is 1.05 bits per heavy atom. The second-order valence-corrected chi connectivity index (χ2v) is 9.32. The van der Waals surface area contributed by atoms with Crippen molar-refractivity contribution in [3.05, 3.63) is 71.1 Å². The van der Waals surface area contributed by atoms with Gasteiger partial charge in [-0.1, -0.05) is 23.7 Å². The number of nitrogens with zero attached hydrogens (tertiary/aromatic N) is 7. The molecule has 0 bridgehead atoms. The number of halogens is 4. The molecule has 196 valence electrons. The summed E-state index contributed by atoms with van der Waals surface area (Å²) in [6.45, 7) is 0.131. The molecule has 0 aliphatic heterocycles. The maximum absolute atomic E-state index is 13.6. The standard InChI is InChI=1S/C25H22ClF3N8O/c1-34(2)36(12-16-5-4-14(9-20(16)26)17-10-32-37(13-17)25(27,28)29)24(38)15-6-7-21-18(8-15)22-19(23(30)33-21)11-31-35(22)3/h4-11,13H,12H2,1-3H3,(H2,30,33). The molecule has 0 spiro atoms. The molecule has 0 aliphatic carbocycles. The van der Waals surface area contributed by atoms with Crippen LogP contribution in [0.5, 0.6) is 0 Å². The predicted molar refractivity (Wildman–Crippen MR) is 138 cm³/mol. The number of hydrogen-bond acceptors (Lipinski definition) is 6. The zero-order valence-corrected chi connectivity index (χ0v) is 21.3. The van der Waals surface area contributed by atoms with E-state index < -0.39 is 6.30 Å². The number of pyridine rings is 1. The van der Waals surface area contributed by atoms with Crippen molar-refractivity contribution < 1.29 is 18.0 Å². The van der Waals surface area contributed by atoms with Crippen molar-refractivity contribution in [3.8, 4) is 11.1 Å². The van der Waals surface area contributed by atoms with Gasteiger partial charge in [-0.05, 0) is 35.4 Å². The number of carbonyl (C=O) groups excluding carboxylic acids is 1. The van der Waals surface area contributed by atoms with Crippen LogP contribution in [-0.2, 0) is 19.9 Å². The van der Waals surface area contributed by atoms with Gasteiger partial charge in [0.25, 0.3) is 5.91 Å². The number of fused-ring (bicyclic) bond motifs is 3. The van der Waals surface area contributed by atoms with E-state index in [4.69, 9.17) is 17.3 Å². The highest BCUT2D eigenvalue weighted by Crippen LogP contribution is 2.31. The number of carbonyl (C=O) groups is 1. The molecule has 38 heavy (non-hydrogen) atoms. The third-order valence-corrected chi connectivity index (χ3v) is 6.57. The van der Waals surface area contributed by atoms with Crippen LogP contribution < -0.4 is 5.73 Å². The highest BCUT2D eigenvalue weighted by Gasteiger charge is 2.31. The third-order valence-electron chi connectivity index (χ3n) is 6.22. The average Bonchev–Trinajstić information content (AvgIpc) is 3.51. The van der Waals surface area contributed by atoms with Gasteiger partial charge in [-0.25, -0.2) is 9.99 Å². The molecule has 2 aromatic carbocycles. The largest absolute Gasteiger partial charge is 0.504 e. The minimum atomic E-state index is -4.61. The van der Waals surface area contributed by atoms with E-state index in [0.29, 0.717) is 38.4 Å². The monoisotopic (exact) mass is 542 g/mol. The topological polar surface area (TPSA) is 98.1 Å². The Bertz CT molecular complexity index is 1690. The summed E-state index contributed by atoms with van der Waals surface area (Å²) in [6, 6.07) is 10.0. The van der Waals surface area contributed by atoms with Crippen LogP contribution in [0.1, 0.15) is 15.9 Å². The third kappa shape index (κ3) is 4.52. The second kappa shape index (κ2) is 9.30. The van der Waals surface area contributed by atoms with E-state index >= 15 is 0 Å². The number of hydrogen-bond donors (Lipinski definition) is 1. The van der Waals surface area contributed by atoms with Gasteiger partial charge in [-0.3, -0.25) is 14.5 Å². The molecule has 3 heterocycles. The lowest BCUT2D eigenvalue weighted by atomic mass is 10.1. The summed E-state index contributed by atoms with van der Waals surface area (Å²) in [5, 5.41) is 12.5. The summed E-state index contributed by atoms with van der Waals surface area (Å²) in [5.41, 5.74) is 9.26. The molecule has 0 saturated carbocycles. The number of benzene rings is 2. The molecule has 0 saturated heterocycles. The Balaban J connectivity index is 1.45. The number of amides is 1. The number of rotatable bonds is 5. The SMILES string of the molecule is CN(C)N(Cc1ccc(-c2cnn(C(F)(F)F)c2)cc1Cl)C(=O)c1ccc2nc(N)c3cnn(C)c3c2c1. The van der Waals surface area contributed by atoms with Crippen LogP contribution in [0.4, 0.5) is 19.0 Å². The molecule has 5 rings (SSSR count). The molecule has 0 radical (unpaired) electrons. The van der Waals surface area contributed by atoms with Gasteiger partial charge < -0.3 is 5.73 Å². The average molecular weight is 543 g/mol. The van der Waals surface area contributed by atoms with Gasteiger partial charge in [0, 0.05) is 48.9 Å². The minimum Gasteiger partial charge on any atom is -0.383 e. The molecular weight excluding hydrogens is 521 g/mol. The van der Waals surface area contributed by atoms with Crippen LogP contribution in [0.2, 0.25) is 5.02 Å². The molecule has 9 nitrogen and oxygen atoms in total. The van der Waals surface area contributed by atoms with E-state index in [1.54, 1.807) is 73.4 Å². The van der Waals surface area contributed by atoms with Crippen LogP contribution in [0.15, 0.2) is 55.0 Å². The Morgan fingerprint density at radius 3 is 2.47 bits per heavy atom. The Morgan fingerprint density at radius 2 is 1.82 bits per heavy atom.